The molecule has 0 bridgehead atoms. The van der Waals surface area contributed by atoms with Crippen LogP contribution < -0.4 is 4.74 Å². The highest BCUT2D eigenvalue weighted by Crippen LogP contribution is 2.27. The second kappa shape index (κ2) is 5.80. The van der Waals surface area contributed by atoms with E-state index < -0.39 is 0 Å². The van der Waals surface area contributed by atoms with Crippen molar-refractivity contribution >= 4 is 28.7 Å². The number of hydrogen-bond donors (Lipinski definition) is 1. The SMILES string of the molecule is COc1cc(/C=C(C)/C=C\I)ccc1O. The van der Waals surface area contributed by atoms with Crippen molar-refractivity contribution in [2.75, 3.05) is 7.11 Å². The molecule has 0 radical (unpaired) electrons. The molecule has 0 amide bonds. The van der Waals surface area contributed by atoms with E-state index in [1.165, 1.54) is 0 Å². The maximum absolute atomic E-state index is 9.41. The van der Waals surface area contributed by atoms with Crippen LogP contribution in [0.3, 0.4) is 0 Å². The van der Waals surface area contributed by atoms with Gasteiger partial charge < -0.3 is 9.84 Å². The number of benzene rings is 1. The lowest BCUT2D eigenvalue weighted by molar-refractivity contribution is 0.373. The van der Waals surface area contributed by atoms with E-state index in [1.807, 2.05) is 29.2 Å². The minimum atomic E-state index is 0.164. The maximum Gasteiger partial charge on any atom is 0.161 e. The number of allylic oxidation sites excluding steroid dienone is 2. The monoisotopic (exact) mass is 316 g/mol. The van der Waals surface area contributed by atoms with Gasteiger partial charge in [-0.15, -0.1) is 0 Å². The lowest BCUT2D eigenvalue weighted by Gasteiger charge is -2.04. The van der Waals surface area contributed by atoms with Gasteiger partial charge >= 0.3 is 0 Å². The van der Waals surface area contributed by atoms with E-state index in [0.29, 0.717) is 5.75 Å². The summed E-state index contributed by atoms with van der Waals surface area (Å²) in [7, 11) is 1.54. The molecule has 0 unspecified atom stereocenters. The quantitative estimate of drug-likeness (QED) is 0.680. The molecule has 0 aliphatic heterocycles. The molecule has 0 aliphatic rings. The first-order chi connectivity index (χ1) is 7.17. The molecular formula is C12H13IO2. The molecule has 0 heterocycles. The number of hydrogen-bond acceptors (Lipinski definition) is 2. The van der Waals surface area contributed by atoms with E-state index in [-0.39, 0.29) is 5.75 Å². The summed E-state index contributed by atoms with van der Waals surface area (Å²) in [5.74, 6) is 0.659. The third-order valence-electron chi connectivity index (χ3n) is 1.92. The average Bonchev–Trinajstić information content (AvgIpc) is 2.21. The van der Waals surface area contributed by atoms with Crippen LogP contribution in [0, 0.1) is 0 Å². The van der Waals surface area contributed by atoms with Crippen molar-refractivity contribution in [3.8, 4) is 11.5 Å². The van der Waals surface area contributed by atoms with Gasteiger partial charge in [-0.1, -0.05) is 46.4 Å². The lowest BCUT2D eigenvalue weighted by atomic mass is 10.1. The van der Waals surface area contributed by atoms with Crippen LogP contribution in [-0.4, -0.2) is 12.2 Å². The number of phenols is 1. The summed E-state index contributed by atoms with van der Waals surface area (Å²) in [5.41, 5.74) is 2.16. The van der Waals surface area contributed by atoms with Gasteiger partial charge in [0, 0.05) is 0 Å². The van der Waals surface area contributed by atoms with Crippen LogP contribution in [0.25, 0.3) is 6.08 Å². The highest BCUT2D eigenvalue weighted by atomic mass is 127. The number of methoxy groups -OCH3 is 1. The summed E-state index contributed by atoms with van der Waals surface area (Å²) in [5, 5.41) is 9.41. The van der Waals surface area contributed by atoms with Crippen molar-refractivity contribution in [3.63, 3.8) is 0 Å². The Balaban J connectivity index is 3.01. The van der Waals surface area contributed by atoms with Crippen LogP contribution in [-0.2, 0) is 0 Å². The number of halogens is 1. The van der Waals surface area contributed by atoms with Crippen LogP contribution in [0.5, 0.6) is 11.5 Å². The smallest absolute Gasteiger partial charge is 0.161 e. The van der Waals surface area contributed by atoms with Gasteiger partial charge in [-0.3, -0.25) is 0 Å². The van der Waals surface area contributed by atoms with Crippen LogP contribution in [0.4, 0.5) is 0 Å². The van der Waals surface area contributed by atoms with Crippen LogP contribution in [0.15, 0.2) is 33.9 Å². The molecule has 1 aromatic carbocycles. The highest BCUT2D eigenvalue weighted by molar-refractivity contribution is 14.1. The van der Waals surface area contributed by atoms with Crippen molar-refractivity contribution in [2.24, 2.45) is 0 Å². The van der Waals surface area contributed by atoms with Gasteiger partial charge in [-0.25, -0.2) is 0 Å². The van der Waals surface area contributed by atoms with E-state index in [0.717, 1.165) is 11.1 Å². The van der Waals surface area contributed by atoms with Crippen LogP contribution in [0.1, 0.15) is 12.5 Å². The molecule has 1 N–H and O–H groups in total. The molecule has 0 saturated carbocycles. The molecule has 1 rings (SSSR count). The van der Waals surface area contributed by atoms with Gasteiger partial charge in [0.05, 0.1) is 7.11 Å². The maximum atomic E-state index is 9.41. The van der Waals surface area contributed by atoms with Gasteiger partial charge in [0.2, 0.25) is 0 Å². The van der Waals surface area contributed by atoms with E-state index in [4.69, 9.17) is 4.74 Å². The van der Waals surface area contributed by atoms with Crippen molar-refractivity contribution < 1.29 is 9.84 Å². The third-order valence-corrected chi connectivity index (χ3v) is 2.28. The number of rotatable bonds is 3. The van der Waals surface area contributed by atoms with E-state index in [2.05, 4.69) is 22.6 Å². The van der Waals surface area contributed by atoms with Gasteiger partial charge in [0.1, 0.15) is 0 Å². The summed E-state index contributed by atoms with van der Waals surface area (Å²) < 4.78 is 6.99. The van der Waals surface area contributed by atoms with Crippen molar-refractivity contribution in [2.45, 2.75) is 6.92 Å². The first-order valence-electron chi connectivity index (χ1n) is 4.49. The molecule has 1 aromatic rings. The van der Waals surface area contributed by atoms with Gasteiger partial charge in [0.25, 0.3) is 0 Å². The minimum absolute atomic E-state index is 0.164. The highest BCUT2D eigenvalue weighted by Gasteiger charge is 2.00. The fraction of sp³-hybridized carbons (Fsp3) is 0.167. The van der Waals surface area contributed by atoms with Crippen molar-refractivity contribution in [1.82, 2.24) is 0 Å². The Morgan fingerprint density at radius 3 is 2.80 bits per heavy atom. The van der Waals surface area contributed by atoms with Gasteiger partial charge in [-0.05, 0) is 28.7 Å². The Hall–Kier alpha value is -0.970. The van der Waals surface area contributed by atoms with E-state index in [9.17, 15) is 5.11 Å². The minimum Gasteiger partial charge on any atom is -0.504 e. The molecular weight excluding hydrogens is 303 g/mol. The molecule has 15 heavy (non-hydrogen) atoms. The molecule has 0 aromatic heterocycles. The van der Waals surface area contributed by atoms with Crippen LogP contribution >= 0.6 is 22.6 Å². The fourth-order valence-corrected chi connectivity index (χ4v) is 1.76. The molecule has 0 fully saturated rings. The Labute approximate surface area is 103 Å². The third kappa shape index (κ3) is 3.58. The zero-order valence-corrected chi connectivity index (χ0v) is 10.9. The normalized spacial score (nSPS) is 12.1. The standard InChI is InChI=1S/C12H13IO2/c1-9(5-6-13)7-10-3-4-11(14)12(8-10)15-2/h3-8,14H,1-2H3/b6-5-,9-7+. The predicted octanol–water partition coefficient (Wildman–Crippen LogP) is 3.75. The summed E-state index contributed by atoms with van der Waals surface area (Å²) >= 11 is 2.18. The molecule has 80 valence electrons. The van der Waals surface area contributed by atoms with E-state index in [1.54, 1.807) is 19.2 Å². The first-order valence-corrected chi connectivity index (χ1v) is 5.74. The van der Waals surface area contributed by atoms with Crippen molar-refractivity contribution in [3.05, 3.63) is 39.5 Å². The Bertz CT molecular complexity index is 395. The average molecular weight is 316 g/mol. The lowest BCUT2D eigenvalue weighted by Crippen LogP contribution is -1.84. The summed E-state index contributed by atoms with van der Waals surface area (Å²) in [6, 6.07) is 5.29. The molecule has 0 atom stereocenters. The summed E-state index contributed by atoms with van der Waals surface area (Å²) in [6.07, 6.45) is 4.04. The number of phenolic OH excluding ortho intramolecular Hbond substituents is 1. The summed E-state index contributed by atoms with van der Waals surface area (Å²) in [6.45, 7) is 2.02. The summed E-state index contributed by atoms with van der Waals surface area (Å²) in [4.78, 5) is 0. The largest absolute Gasteiger partial charge is 0.504 e. The molecule has 0 aliphatic carbocycles. The Morgan fingerprint density at radius 2 is 2.20 bits per heavy atom. The second-order valence-electron chi connectivity index (χ2n) is 3.11. The van der Waals surface area contributed by atoms with E-state index >= 15 is 0 Å². The van der Waals surface area contributed by atoms with Gasteiger partial charge in [-0.2, -0.15) is 0 Å². The molecule has 0 spiro atoms. The fourth-order valence-electron chi connectivity index (χ4n) is 1.19. The predicted molar refractivity (Wildman–Crippen MR) is 71.5 cm³/mol. The molecule has 0 saturated heterocycles. The second-order valence-corrected chi connectivity index (χ2v) is 3.83. The molecule has 2 nitrogen and oxygen atoms in total. The zero-order chi connectivity index (χ0) is 11.3. The van der Waals surface area contributed by atoms with Gasteiger partial charge in [0.15, 0.2) is 11.5 Å². The Kier molecular flexibility index (Phi) is 4.68. The van der Waals surface area contributed by atoms with Crippen LogP contribution in [0.2, 0.25) is 0 Å². The number of aromatic hydroxyl groups is 1. The zero-order valence-electron chi connectivity index (χ0n) is 8.70. The molecule has 3 heteroatoms. The Morgan fingerprint density at radius 1 is 1.47 bits per heavy atom. The topological polar surface area (TPSA) is 29.5 Å². The number of ether oxygens (including phenoxy) is 1. The van der Waals surface area contributed by atoms with Crippen molar-refractivity contribution in [1.29, 1.82) is 0 Å². The first kappa shape index (κ1) is 12.1.